The predicted molar refractivity (Wildman–Crippen MR) is 133 cm³/mol. The number of fused-ring (bicyclic) bond motifs is 3. The monoisotopic (exact) mass is 463 g/mol. The van der Waals surface area contributed by atoms with Crippen molar-refractivity contribution >= 4 is 39.5 Å². The molecule has 0 spiro atoms. The van der Waals surface area contributed by atoms with Crippen LogP contribution in [0.4, 0.5) is 0 Å². The Balaban J connectivity index is 1.76. The zero-order valence-electron chi connectivity index (χ0n) is 18.4. The van der Waals surface area contributed by atoms with Gasteiger partial charge in [0.2, 0.25) is 0 Å². The minimum absolute atomic E-state index is 0.654. The topological polar surface area (TPSA) is 31.5 Å². The van der Waals surface area contributed by atoms with E-state index in [0.717, 1.165) is 39.5 Å². The van der Waals surface area contributed by atoms with E-state index in [1.54, 1.807) is 6.07 Å². The third kappa shape index (κ3) is 3.26. The van der Waals surface area contributed by atoms with Gasteiger partial charge in [0, 0.05) is 55.2 Å². The Bertz CT molecular complexity index is 1480. The SMILES string of the molecule is CCOc1ccc(-n2c(C)c3c(C)nn4cc(-c5cc(Cl)ccc5Cl)cc4c3c2C)cc1. The molecule has 0 fully saturated rings. The molecule has 6 heteroatoms. The number of aromatic nitrogens is 3. The van der Waals surface area contributed by atoms with Gasteiger partial charge in [0.25, 0.3) is 0 Å². The van der Waals surface area contributed by atoms with Crippen LogP contribution < -0.4 is 4.74 Å². The van der Waals surface area contributed by atoms with Gasteiger partial charge < -0.3 is 9.30 Å². The van der Waals surface area contributed by atoms with Crippen molar-refractivity contribution in [2.24, 2.45) is 0 Å². The summed E-state index contributed by atoms with van der Waals surface area (Å²) in [4.78, 5) is 0. The number of aryl methyl sites for hydroxylation is 3. The summed E-state index contributed by atoms with van der Waals surface area (Å²) >= 11 is 12.7. The summed E-state index contributed by atoms with van der Waals surface area (Å²) in [7, 11) is 0. The van der Waals surface area contributed by atoms with Crippen LogP contribution in [0.3, 0.4) is 0 Å². The van der Waals surface area contributed by atoms with Crippen molar-refractivity contribution in [2.45, 2.75) is 27.7 Å². The molecule has 0 N–H and O–H groups in total. The molecule has 4 nitrogen and oxygen atoms in total. The standard InChI is InChI=1S/C26H23Cl2N3O/c1-5-32-21-9-7-20(8-10-21)31-16(3)25-15(2)29-30-14-18(12-24(30)26(25)17(31)4)22-13-19(27)6-11-23(22)28/h6-14H,5H2,1-4H3. The molecule has 2 aromatic carbocycles. The first-order chi connectivity index (χ1) is 15.4. The first-order valence-electron chi connectivity index (χ1n) is 10.6. The van der Waals surface area contributed by atoms with E-state index in [-0.39, 0.29) is 0 Å². The second kappa shape index (κ2) is 7.88. The summed E-state index contributed by atoms with van der Waals surface area (Å²) in [6.45, 7) is 9.01. The minimum atomic E-state index is 0.654. The smallest absolute Gasteiger partial charge is 0.119 e. The number of halogens is 2. The van der Waals surface area contributed by atoms with Gasteiger partial charge in [-0.2, -0.15) is 5.10 Å². The van der Waals surface area contributed by atoms with Crippen molar-refractivity contribution in [3.63, 3.8) is 0 Å². The molecule has 0 bridgehead atoms. The van der Waals surface area contributed by atoms with Gasteiger partial charge in [-0.25, -0.2) is 4.52 Å². The van der Waals surface area contributed by atoms with Gasteiger partial charge in [0.05, 0.1) is 17.8 Å². The van der Waals surface area contributed by atoms with Crippen LogP contribution >= 0.6 is 23.2 Å². The van der Waals surface area contributed by atoms with Gasteiger partial charge in [-0.1, -0.05) is 23.2 Å². The molecule has 5 rings (SSSR count). The zero-order valence-corrected chi connectivity index (χ0v) is 19.9. The molecule has 0 aliphatic heterocycles. The first kappa shape index (κ1) is 20.9. The van der Waals surface area contributed by atoms with Crippen molar-refractivity contribution in [3.05, 3.63) is 81.9 Å². The van der Waals surface area contributed by atoms with Gasteiger partial charge in [0.1, 0.15) is 5.75 Å². The molecule has 3 aromatic heterocycles. The van der Waals surface area contributed by atoms with Crippen molar-refractivity contribution in [1.82, 2.24) is 14.2 Å². The van der Waals surface area contributed by atoms with E-state index in [2.05, 4.69) is 43.5 Å². The molecule has 32 heavy (non-hydrogen) atoms. The molecule has 3 heterocycles. The van der Waals surface area contributed by atoms with Crippen molar-refractivity contribution in [2.75, 3.05) is 6.61 Å². The summed E-state index contributed by atoms with van der Waals surface area (Å²) < 4.78 is 9.84. The maximum Gasteiger partial charge on any atom is 0.119 e. The quantitative estimate of drug-likeness (QED) is 0.275. The van der Waals surface area contributed by atoms with Gasteiger partial charge in [0.15, 0.2) is 0 Å². The van der Waals surface area contributed by atoms with E-state index >= 15 is 0 Å². The van der Waals surface area contributed by atoms with Crippen molar-refractivity contribution < 1.29 is 4.74 Å². The van der Waals surface area contributed by atoms with E-state index < -0.39 is 0 Å². The van der Waals surface area contributed by atoms with E-state index in [4.69, 9.17) is 33.0 Å². The van der Waals surface area contributed by atoms with Crippen LogP contribution in [0.2, 0.25) is 10.0 Å². The Kier molecular flexibility index (Phi) is 5.15. The Morgan fingerprint density at radius 1 is 0.906 bits per heavy atom. The Labute approximate surface area is 196 Å². The fraction of sp³-hybridized carbons (Fsp3) is 0.192. The normalized spacial score (nSPS) is 11.6. The zero-order chi connectivity index (χ0) is 22.6. The average molecular weight is 464 g/mol. The number of rotatable bonds is 4. The lowest BCUT2D eigenvalue weighted by molar-refractivity contribution is 0.340. The van der Waals surface area contributed by atoms with Crippen molar-refractivity contribution in [1.29, 1.82) is 0 Å². The van der Waals surface area contributed by atoms with Crippen LogP contribution in [-0.2, 0) is 0 Å². The summed E-state index contributed by atoms with van der Waals surface area (Å²) in [5, 5.41) is 8.54. The minimum Gasteiger partial charge on any atom is -0.494 e. The lowest BCUT2D eigenvalue weighted by Crippen LogP contribution is -1.99. The predicted octanol–water partition coefficient (Wildman–Crippen LogP) is 7.58. The number of ether oxygens (including phenoxy) is 1. The van der Waals surface area contributed by atoms with Crippen LogP contribution in [0.5, 0.6) is 5.75 Å². The Hall–Kier alpha value is -2.95. The lowest BCUT2D eigenvalue weighted by Gasteiger charge is -2.10. The van der Waals surface area contributed by atoms with Crippen LogP contribution in [-0.4, -0.2) is 20.8 Å². The molecule has 0 saturated carbocycles. The first-order valence-corrected chi connectivity index (χ1v) is 11.3. The van der Waals surface area contributed by atoms with E-state index in [0.29, 0.717) is 16.7 Å². The molecular weight excluding hydrogens is 441 g/mol. The second-order valence-electron chi connectivity index (χ2n) is 7.95. The maximum absolute atomic E-state index is 6.48. The highest BCUT2D eigenvalue weighted by Gasteiger charge is 2.20. The molecule has 0 aliphatic rings. The molecule has 0 amide bonds. The van der Waals surface area contributed by atoms with Crippen LogP contribution in [0.15, 0.2) is 54.7 Å². The molecule has 0 radical (unpaired) electrons. The Morgan fingerprint density at radius 2 is 1.62 bits per heavy atom. The molecule has 0 aliphatic carbocycles. The molecule has 5 aromatic rings. The highest BCUT2D eigenvalue weighted by atomic mass is 35.5. The summed E-state index contributed by atoms with van der Waals surface area (Å²) in [6.07, 6.45) is 2.02. The highest BCUT2D eigenvalue weighted by molar-refractivity contribution is 6.35. The number of hydrogen-bond acceptors (Lipinski definition) is 2. The summed E-state index contributed by atoms with van der Waals surface area (Å²) in [5.74, 6) is 0.873. The fourth-order valence-electron chi connectivity index (χ4n) is 4.64. The summed E-state index contributed by atoms with van der Waals surface area (Å²) in [6, 6.07) is 15.9. The number of benzene rings is 2. The molecule has 0 unspecified atom stereocenters. The van der Waals surface area contributed by atoms with E-state index in [1.165, 1.54) is 16.5 Å². The second-order valence-corrected chi connectivity index (χ2v) is 8.79. The largest absolute Gasteiger partial charge is 0.494 e. The Morgan fingerprint density at radius 3 is 2.34 bits per heavy atom. The van der Waals surface area contributed by atoms with Crippen LogP contribution in [0.25, 0.3) is 33.1 Å². The number of hydrogen-bond donors (Lipinski definition) is 0. The van der Waals surface area contributed by atoms with Crippen LogP contribution in [0, 0.1) is 20.8 Å². The molecule has 162 valence electrons. The average Bonchev–Trinajstić information content (AvgIpc) is 3.29. The van der Waals surface area contributed by atoms with Crippen LogP contribution in [0.1, 0.15) is 24.0 Å². The maximum atomic E-state index is 6.48. The highest BCUT2D eigenvalue weighted by Crippen LogP contribution is 2.37. The van der Waals surface area contributed by atoms with Gasteiger partial charge >= 0.3 is 0 Å². The number of nitrogens with zero attached hydrogens (tertiary/aromatic N) is 3. The molecule has 0 atom stereocenters. The van der Waals surface area contributed by atoms with E-state index in [9.17, 15) is 0 Å². The fourth-order valence-corrected chi connectivity index (χ4v) is 5.04. The van der Waals surface area contributed by atoms with Crippen molar-refractivity contribution in [3.8, 4) is 22.6 Å². The van der Waals surface area contributed by atoms with Gasteiger partial charge in [-0.05, 0) is 76.2 Å². The summed E-state index contributed by atoms with van der Waals surface area (Å²) in [5.41, 5.74) is 7.34. The van der Waals surface area contributed by atoms with Gasteiger partial charge in [-0.3, -0.25) is 0 Å². The third-order valence-corrected chi connectivity index (χ3v) is 6.53. The van der Waals surface area contributed by atoms with E-state index in [1.807, 2.05) is 41.9 Å². The molecule has 0 saturated heterocycles. The molecular formula is C26H23Cl2N3O. The third-order valence-electron chi connectivity index (χ3n) is 5.97. The lowest BCUT2D eigenvalue weighted by atomic mass is 10.1. The van der Waals surface area contributed by atoms with Gasteiger partial charge in [-0.15, -0.1) is 0 Å².